The number of benzene rings is 2. The van der Waals surface area contributed by atoms with E-state index in [2.05, 4.69) is 15.5 Å². The highest BCUT2D eigenvalue weighted by atomic mass is 16.5. The standard InChI is InChI=1S/C17H15N3O3/c1-11-6-3-4-9-14(11)15(21)18-17-20-19-16(23-17)12-7-5-8-13(10-12)22-2/h3-10H,1-2H3,(H,18,20,21). The van der Waals surface area contributed by atoms with Crippen molar-refractivity contribution < 1.29 is 13.9 Å². The minimum absolute atomic E-state index is 0.0519. The highest BCUT2D eigenvalue weighted by molar-refractivity contribution is 6.04. The fourth-order valence-electron chi connectivity index (χ4n) is 2.14. The highest BCUT2D eigenvalue weighted by Gasteiger charge is 2.14. The number of hydrogen-bond donors (Lipinski definition) is 1. The number of nitrogens with one attached hydrogen (secondary N) is 1. The number of aromatic nitrogens is 2. The summed E-state index contributed by atoms with van der Waals surface area (Å²) in [6.07, 6.45) is 0. The number of carbonyl (C=O) groups is 1. The molecule has 0 atom stereocenters. The highest BCUT2D eigenvalue weighted by Crippen LogP contribution is 2.24. The summed E-state index contributed by atoms with van der Waals surface area (Å²) >= 11 is 0. The van der Waals surface area contributed by atoms with Crippen LogP contribution in [0.4, 0.5) is 6.01 Å². The van der Waals surface area contributed by atoms with Crippen molar-refractivity contribution in [2.45, 2.75) is 6.92 Å². The first-order chi connectivity index (χ1) is 11.2. The van der Waals surface area contributed by atoms with E-state index in [-0.39, 0.29) is 11.9 Å². The van der Waals surface area contributed by atoms with E-state index in [4.69, 9.17) is 9.15 Å². The van der Waals surface area contributed by atoms with Crippen LogP contribution in [0, 0.1) is 6.92 Å². The fourth-order valence-corrected chi connectivity index (χ4v) is 2.14. The monoisotopic (exact) mass is 309 g/mol. The number of aryl methyl sites for hydroxylation is 1. The van der Waals surface area contributed by atoms with Crippen LogP contribution >= 0.6 is 0 Å². The molecule has 3 rings (SSSR count). The topological polar surface area (TPSA) is 77.3 Å². The SMILES string of the molecule is COc1cccc(-c2nnc(NC(=O)c3ccccc3C)o2)c1. The number of carbonyl (C=O) groups excluding carboxylic acids is 1. The summed E-state index contributed by atoms with van der Waals surface area (Å²) in [6.45, 7) is 1.87. The van der Waals surface area contributed by atoms with Crippen LogP contribution in [0.2, 0.25) is 0 Å². The Kier molecular flexibility index (Phi) is 4.05. The van der Waals surface area contributed by atoms with Crippen LogP contribution in [-0.4, -0.2) is 23.2 Å². The maximum Gasteiger partial charge on any atom is 0.322 e. The van der Waals surface area contributed by atoms with Gasteiger partial charge >= 0.3 is 6.01 Å². The van der Waals surface area contributed by atoms with Crippen LogP contribution in [0.3, 0.4) is 0 Å². The lowest BCUT2D eigenvalue weighted by Crippen LogP contribution is -2.13. The third-order valence-electron chi connectivity index (χ3n) is 3.35. The van der Waals surface area contributed by atoms with Crippen molar-refractivity contribution in [2.24, 2.45) is 0 Å². The third-order valence-corrected chi connectivity index (χ3v) is 3.35. The van der Waals surface area contributed by atoms with Gasteiger partial charge in [-0.3, -0.25) is 10.1 Å². The number of hydrogen-bond acceptors (Lipinski definition) is 5. The average Bonchev–Trinajstić information content (AvgIpc) is 3.03. The summed E-state index contributed by atoms with van der Waals surface area (Å²) in [7, 11) is 1.58. The Morgan fingerprint density at radius 2 is 1.96 bits per heavy atom. The molecule has 0 aliphatic rings. The molecule has 116 valence electrons. The van der Waals surface area contributed by atoms with Crippen LogP contribution in [-0.2, 0) is 0 Å². The van der Waals surface area contributed by atoms with E-state index in [1.54, 1.807) is 25.3 Å². The summed E-state index contributed by atoms with van der Waals surface area (Å²) < 4.78 is 10.7. The Balaban J connectivity index is 1.79. The number of nitrogens with zero attached hydrogens (tertiary/aromatic N) is 2. The zero-order valence-electron chi connectivity index (χ0n) is 12.7. The second-order valence-corrected chi connectivity index (χ2v) is 4.91. The van der Waals surface area contributed by atoms with Crippen LogP contribution in [0.5, 0.6) is 5.75 Å². The molecule has 1 amide bonds. The van der Waals surface area contributed by atoms with Gasteiger partial charge in [0.25, 0.3) is 5.91 Å². The first-order valence-corrected chi connectivity index (χ1v) is 7.02. The molecule has 0 bridgehead atoms. The fraction of sp³-hybridized carbons (Fsp3) is 0.118. The van der Waals surface area contributed by atoms with Gasteiger partial charge in [0.1, 0.15) is 5.75 Å². The van der Waals surface area contributed by atoms with Crippen LogP contribution in [0.25, 0.3) is 11.5 Å². The Morgan fingerprint density at radius 3 is 2.74 bits per heavy atom. The van der Waals surface area contributed by atoms with E-state index in [9.17, 15) is 4.79 Å². The van der Waals surface area contributed by atoms with Gasteiger partial charge in [-0.2, -0.15) is 0 Å². The number of anilines is 1. The van der Waals surface area contributed by atoms with Gasteiger partial charge in [-0.05, 0) is 36.8 Å². The number of methoxy groups -OCH3 is 1. The van der Waals surface area contributed by atoms with Gasteiger partial charge in [-0.15, -0.1) is 5.10 Å². The molecule has 23 heavy (non-hydrogen) atoms. The van der Waals surface area contributed by atoms with Crippen molar-refractivity contribution in [1.29, 1.82) is 0 Å². The minimum atomic E-state index is -0.288. The molecule has 1 N–H and O–H groups in total. The second-order valence-electron chi connectivity index (χ2n) is 4.91. The van der Waals surface area contributed by atoms with Crippen LogP contribution in [0.15, 0.2) is 52.9 Å². The van der Waals surface area contributed by atoms with Crippen molar-refractivity contribution >= 4 is 11.9 Å². The first kappa shape index (κ1) is 14.8. The molecule has 1 aromatic heterocycles. The van der Waals surface area contributed by atoms with Gasteiger partial charge in [-0.25, -0.2) is 0 Å². The van der Waals surface area contributed by atoms with Crippen molar-refractivity contribution in [3.8, 4) is 17.2 Å². The van der Waals surface area contributed by atoms with Crippen molar-refractivity contribution in [1.82, 2.24) is 10.2 Å². The van der Waals surface area contributed by atoms with Gasteiger partial charge in [0.2, 0.25) is 5.89 Å². The van der Waals surface area contributed by atoms with Gasteiger partial charge in [0.05, 0.1) is 7.11 Å². The Bertz CT molecular complexity index is 842. The summed E-state index contributed by atoms with van der Waals surface area (Å²) in [4.78, 5) is 12.2. The Labute approximate surface area is 133 Å². The quantitative estimate of drug-likeness (QED) is 0.800. The van der Waals surface area contributed by atoms with Crippen LogP contribution < -0.4 is 10.1 Å². The van der Waals surface area contributed by atoms with Crippen molar-refractivity contribution in [2.75, 3.05) is 12.4 Å². The lowest BCUT2D eigenvalue weighted by atomic mass is 10.1. The van der Waals surface area contributed by atoms with Gasteiger partial charge in [0.15, 0.2) is 0 Å². The van der Waals surface area contributed by atoms with Crippen molar-refractivity contribution in [3.63, 3.8) is 0 Å². The molecule has 0 unspecified atom stereocenters. The van der Waals surface area contributed by atoms with Gasteiger partial charge < -0.3 is 9.15 Å². The largest absolute Gasteiger partial charge is 0.497 e. The van der Waals surface area contributed by atoms with Gasteiger partial charge in [-0.1, -0.05) is 29.4 Å². The lowest BCUT2D eigenvalue weighted by Gasteiger charge is -2.03. The Morgan fingerprint density at radius 1 is 1.13 bits per heavy atom. The van der Waals surface area contributed by atoms with E-state index in [0.29, 0.717) is 22.8 Å². The average molecular weight is 309 g/mol. The van der Waals surface area contributed by atoms with Crippen molar-refractivity contribution in [3.05, 3.63) is 59.7 Å². The molecule has 1 heterocycles. The first-order valence-electron chi connectivity index (χ1n) is 7.02. The minimum Gasteiger partial charge on any atom is -0.497 e. The zero-order chi connectivity index (χ0) is 16.2. The molecule has 0 radical (unpaired) electrons. The summed E-state index contributed by atoms with van der Waals surface area (Å²) in [5, 5.41) is 10.4. The molecule has 6 heteroatoms. The predicted molar refractivity (Wildman–Crippen MR) is 85.4 cm³/mol. The second kappa shape index (κ2) is 6.31. The molecule has 2 aromatic carbocycles. The molecular weight excluding hydrogens is 294 g/mol. The molecule has 0 spiro atoms. The van der Waals surface area contributed by atoms with Crippen LogP contribution in [0.1, 0.15) is 15.9 Å². The molecule has 0 aliphatic carbocycles. The normalized spacial score (nSPS) is 10.3. The number of rotatable bonds is 4. The molecule has 0 saturated heterocycles. The van der Waals surface area contributed by atoms with E-state index >= 15 is 0 Å². The third kappa shape index (κ3) is 3.21. The molecule has 0 saturated carbocycles. The van der Waals surface area contributed by atoms with E-state index in [0.717, 1.165) is 5.56 Å². The summed E-state index contributed by atoms with van der Waals surface area (Å²) in [5.41, 5.74) is 2.15. The summed E-state index contributed by atoms with van der Waals surface area (Å²) in [6, 6.07) is 14.6. The number of amides is 1. The number of ether oxygens (including phenoxy) is 1. The lowest BCUT2D eigenvalue weighted by molar-refractivity contribution is 0.102. The van der Waals surface area contributed by atoms with E-state index in [1.165, 1.54) is 0 Å². The smallest absolute Gasteiger partial charge is 0.322 e. The predicted octanol–water partition coefficient (Wildman–Crippen LogP) is 3.31. The molecule has 3 aromatic rings. The molecule has 0 fully saturated rings. The zero-order valence-corrected chi connectivity index (χ0v) is 12.7. The molecular formula is C17H15N3O3. The molecule has 6 nitrogen and oxygen atoms in total. The molecule has 0 aliphatic heterocycles. The Hall–Kier alpha value is -3.15. The summed E-state index contributed by atoms with van der Waals surface area (Å²) in [5.74, 6) is 0.708. The van der Waals surface area contributed by atoms with Gasteiger partial charge in [0, 0.05) is 11.1 Å². The van der Waals surface area contributed by atoms with E-state index in [1.807, 2.05) is 37.3 Å². The maximum absolute atomic E-state index is 12.2. The maximum atomic E-state index is 12.2. The van der Waals surface area contributed by atoms with E-state index < -0.39 is 0 Å².